The molecule has 0 saturated carbocycles. The van der Waals surface area contributed by atoms with Crippen LogP contribution >= 0.6 is 15.9 Å². The Morgan fingerprint density at radius 3 is 2.93 bits per heavy atom. The van der Waals surface area contributed by atoms with Crippen LogP contribution in [0.2, 0.25) is 0 Å². The minimum Gasteiger partial charge on any atom is -0.478 e. The number of aromatic nitrogens is 2. The topological polar surface area (TPSA) is 66.0 Å². The van der Waals surface area contributed by atoms with Gasteiger partial charge in [-0.1, -0.05) is 22.9 Å². The minimum absolute atomic E-state index is 0.218. The molecule has 0 amide bonds. The van der Waals surface area contributed by atoms with E-state index in [0.29, 0.717) is 5.52 Å². The first-order valence-corrected chi connectivity index (χ1v) is 5.32. The van der Waals surface area contributed by atoms with Gasteiger partial charge in [-0.15, -0.1) is 0 Å². The Hall–Kier alpha value is -1.36. The molecule has 2 aromatic rings. The first-order valence-electron chi connectivity index (χ1n) is 4.53. The first kappa shape index (κ1) is 10.2. The summed E-state index contributed by atoms with van der Waals surface area (Å²) in [5.41, 5.74) is 1.48. The molecular weight excluding hydrogens is 260 g/mol. The number of rotatable bonds is 2. The molecule has 0 saturated heterocycles. The van der Waals surface area contributed by atoms with Crippen LogP contribution in [0.3, 0.4) is 0 Å². The number of hydrogen-bond donors (Lipinski definition) is 2. The zero-order chi connectivity index (χ0) is 11.0. The normalized spacial score (nSPS) is 10.8. The molecule has 4 nitrogen and oxygen atoms in total. The lowest BCUT2D eigenvalue weighted by Crippen LogP contribution is -1.97. The molecule has 0 spiro atoms. The Bertz CT molecular complexity index is 533. The highest BCUT2D eigenvalue weighted by molar-refractivity contribution is 9.10. The highest BCUT2D eigenvalue weighted by Gasteiger charge is 2.13. The summed E-state index contributed by atoms with van der Waals surface area (Å²) in [6.45, 7) is 1.97. The van der Waals surface area contributed by atoms with Gasteiger partial charge in [0, 0.05) is 10.9 Å². The maximum absolute atomic E-state index is 11.0. The van der Waals surface area contributed by atoms with E-state index in [1.54, 1.807) is 6.07 Å². The average Bonchev–Trinajstić information content (AvgIpc) is 2.58. The Morgan fingerprint density at radius 1 is 1.60 bits per heavy atom. The summed E-state index contributed by atoms with van der Waals surface area (Å²) in [6.07, 6.45) is 0.755. The number of fused-ring (bicyclic) bond motifs is 1. The van der Waals surface area contributed by atoms with Gasteiger partial charge in [0.15, 0.2) is 0 Å². The lowest BCUT2D eigenvalue weighted by atomic mass is 10.2. The molecule has 0 unspecified atom stereocenters. The van der Waals surface area contributed by atoms with Crippen molar-refractivity contribution in [2.45, 2.75) is 13.3 Å². The molecule has 0 aliphatic heterocycles. The van der Waals surface area contributed by atoms with E-state index in [-0.39, 0.29) is 5.56 Å². The number of carbonyl (C=O) groups is 1. The lowest BCUT2D eigenvalue weighted by molar-refractivity contribution is 0.0699. The van der Waals surface area contributed by atoms with Crippen LogP contribution in [-0.4, -0.2) is 21.0 Å². The van der Waals surface area contributed by atoms with Crippen LogP contribution in [0.1, 0.15) is 23.1 Å². The minimum atomic E-state index is -0.963. The molecule has 1 aromatic heterocycles. The van der Waals surface area contributed by atoms with Crippen molar-refractivity contribution in [3.05, 3.63) is 28.0 Å². The SMILES string of the molecule is CCc1nc2c(C(=O)O)cc(Br)cc2[nH]1. The van der Waals surface area contributed by atoms with E-state index < -0.39 is 5.97 Å². The van der Waals surface area contributed by atoms with Crippen molar-refractivity contribution >= 4 is 32.9 Å². The predicted octanol–water partition coefficient (Wildman–Crippen LogP) is 2.59. The summed E-state index contributed by atoms with van der Waals surface area (Å²) in [4.78, 5) is 18.3. The van der Waals surface area contributed by atoms with Gasteiger partial charge in [-0.05, 0) is 12.1 Å². The van der Waals surface area contributed by atoms with Crippen molar-refractivity contribution in [2.24, 2.45) is 0 Å². The van der Waals surface area contributed by atoms with Gasteiger partial charge in [-0.3, -0.25) is 0 Å². The van der Waals surface area contributed by atoms with Gasteiger partial charge in [0.25, 0.3) is 0 Å². The number of H-pyrrole nitrogens is 1. The van der Waals surface area contributed by atoms with Crippen molar-refractivity contribution in [3.63, 3.8) is 0 Å². The molecule has 2 N–H and O–H groups in total. The molecule has 0 aliphatic carbocycles. The number of carboxylic acid groups (broad SMARTS) is 1. The van der Waals surface area contributed by atoms with Crippen LogP contribution < -0.4 is 0 Å². The molecule has 0 bridgehead atoms. The second-order valence-corrected chi connectivity index (χ2v) is 4.11. The molecular formula is C10H9BrN2O2. The van der Waals surface area contributed by atoms with Crippen LogP contribution in [0, 0.1) is 0 Å². The molecule has 15 heavy (non-hydrogen) atoms. The smallest absolute Gasteiger partial charge is 0.338 e. The van der Waals surface area contributed by atoms with E-state index in [2.05, 4.69) is 25.9 Å². The maximum atomic E-state index is 11.0. The molecule has 0 aliphatic rings. The van der Waals surface area contributed by atoms with Gasteiger partial charge in [0.05, 0.1) is 11.1 Å². The third kappa shape index (κ3) is 1.74. The first-order chi connectivity index (χ1) is 7.11. The van der Waals surface area contributed by atoms with Crippen LogP contribution in [-0.2, 0) is 6.42 Å². The fourth-order valence-electron chi connectivity index (χ4n) is 1.46. The van der Waals surface area contributed by atoms with Crippen LogP contribution in [0.15, 0.2) is 16.6 Å². The standard InChI is InChI=1S/C10H9BrN2O2/c1-2-8-12-7-4-5(11)3-6(10(14)15)9(7)13-8/h3-4H,2H2,1H3,(H,12,13)(H,14,15). The molecule has 2 rings (SSSR count). The molecule has 0 radical (unpaired) electrons. The summed E-state index contributed by atoms with van der Waals surface area (Å²) >= 11 is 3.27. The molecule has 1 heterocycles. The van der Waals surface area contributed by atoms with Gasteiger partial charge in [0.2, 0.25) is 0 Å². The third-order valence-corrected chi connectivity index (χ3v) is 2.62. The quantitative estimate of drug-likeness (QED) is 0.880. The number of nitrogens with zero attached hydrogens (tertiary/aromatic N) is 1. The second kappa shape index (κ2) is 3.66. The number of halogens is 1. The summed E-state index contributed by atoms with van der Waals surface area (Å²) in [7, 11) is 0. The zero-order valence-electron chi connectivity index (χ0n) is 8.04. The molecule has 0 atom stereocenters. The maximum Gasteiger partial charge on any atom is 0.338 e. The van der Waals surface area contributed by atoms with Crippen molar-refractivity contribution in [3.8, 4) is 0 Å². The predicted molar refractivity (Wildman–Crippen MR) is 60.1 cm³/mol. The number of nitrogens with one attached hydrogen (secondary N) is 1. The van der Waals surface area contributed by atoms with E-state index in [9.17, 15) is 4.79 Å². The summed E-state index contributed by atoms with van der Waals surface area (Å²) in [5.74, 6) is -0.166. The number of aromatic amines is 1. The number of aryl methyl sites for hydroxylation is 1. The zero-order valence-corrected chi connectivity index (χ0v) is 9.63. The average molecular weight is 269 g/mol. The Kier molecular flexibility index (Phi) is 2.48. The fraction of sp³-hybridized carbons (Fsp3) is 0.200. The lowest BCUT2D eigenvalue weighted by Gasteiger charge is -1.96. The van der Waals surface area contributed by atoms with Gasteiger partial charge in [-0.25, -0.2) is 9.78 Å². The third-order valence-electron chi connectivity index (χ3n) is 2.17. The number of aromatic carboxylic acids is 1. The van der Waals surface area contributed by atoms with Crippen LogP contribution in [0.25, 0.3) is 11.0 Å². The Balaban J connectivity index is 2.77. The van der Waals surface area contributed by atoms with E-state index in [1.807, 2.05) is 13.0 Å². The largest absolute Gasteiger partial charge is 0.478 e. The Morgan fingerprint density at radius 2 is 2.33 bits per heavy atom. The monoisotopic (exact) mass is 268 g/mol. The van der Waals surface area contributed by atoms with Crippen molar-refractivity contribution in [2.75, 3.05) is 0 Å². The fourth-order valence-corrected chi connectivity index (χ4v) is 1.92. The molecule has 0 fully saturated rings. The highest BCUT2D eigenvalue weighted by atomic mass is 79.9. The van der Waals surface area contributed by atoms with Crippen molar-refractivity contribution in [1.29, 1.82) is 0 Å². The number of hydrogen-bond acceptors (Lipinski definition) is 2. The Labute approximate surface area is 94.5 Å². The van der Waals surface area contributed by atoms with E-state index in [4.69, 9.17) is 5.11 Å². The number of carboxylic acids is 1. The summed E-state index contributed by atoms with van der Waals surface area (Å²) in [6, 6.07) is 3.39. The van der Waals surface area contributed by atoms with Crippen LogP contribution in [0.5, 0.6) is 0 Å². The van der Waals surface area contributed by atoms with Gasteiger partial charge >= 0.3 is 5.97 Å². The van der Waals surface area contributed by atoms with Crippen molar-refractivity contribution in [1.82, 2.24) is 9.97 Å². The van der Waals surface area contributed by atoms with Gasteiger partial charge in [-0.2, -0.15) is 0 Å². The van der Waals surface area contributed by atoms with Gasteiger partial charge < -0.3 is 10.1 Å². The molecule has 1 aromatic carbocycles. The molecule has 78 valence electrons. The van der Waals surface area contributed by atoms with E-state index in [0.717, 1.165) is 22.2 Å². The van der Waals surface area contributed by atoms with E-state index in [1.165, 1.54) is 0 Å². The highest BCUT2D eigenvalue weighted by Crippen LogP contribution is 2.22. The van der Waals surface area contributed by atoms with Crippen LogP contribution in [0.4, 0.5) is 0 Å². The number of imidazole rings is 1. The van der Waals surface area contributed by atoms with Gasteiger partial charge in [0.1, 0.15) is 11.3 Å². The number of benzene rings is 1. The van der Waals surface area contributed by atoms with E-state index >= 15 is 0 Å². The second-order valence-electron chi connectivity index (χ2n) is 3.19. The molecule has 5 heteroatoms. The summed E-state index contributed by atoms with van der Waals surface area (Å²) in [5, 5.41) is 9.01. The summed E-state index contributed by atoms with van der Waals surface area (Å²) < 4.78 is 0.735. The van der Waals surface area contributed by atoms with Crippen molar-refractivity contribution < 1.29 is 9.90 Å².